The van der Waals surface area contributed by atoms with Crippen molar-refractivity contribution in [2.75, 3.05) is 20.2 Å². The van der Waals surface area contributed by atoms with E-state index < -0.39 is 5.60 Å². The topological polar surface area (TPSA) is 32.7 Å². The molecule has 1 aliphatic heterocycles. The van der Waals surface area contributed by atoms with Gasteiger partial charge >= 0.3 is 0 Å². The Morgan fingerprint density at radius 2 is 1.73 bits per heavy atom. The number of fused-ring (bicyclic) bond motifs is 2. The Balaban J connectivity index is 1.57. The molecule has 3 nitrogen and oxygen atoms in total. The molecule has 1 saturated carbocycles. The standard InChI is InChI=1S/C22H26FNO2/c1-26-20-11-9-17(10-12-20)22(25)18-6-4-7-19(22)15-24(14-18)13-16-5-2-3-8-21(16)23/h2-3,5,8-12,18-19,25H,4,6-7,13-15H2,1H3/t18-,19-/m0/s1. The van der Waals surface area contributed by atoms with Crippen LogP contribution in [0.25, 0.3) is 0 Å². The lowest BCUT2D eigenvalue weighted by molar-refractivity contribution is -0.148. The van der Waals surface area contributed by atoms with E-state index in [4.69, 9.17) is 4.74 Å². The lowest BCUT2D eigenvalue weighted by Crippen LogP contribution is -2.57. The van der Waals surface area contributed by atoms with Gasteiger partial charge in [0.25, 0.3) is 0 Å². The first kappa shape index (κ1) is 17.5. The van der Waals surface area contributed by atoms with E-state index in [9.17, 15) is 9.50 Å². The number of rotatable bonds is 4. The van der Waals surface area contributed by atoms with Crippen molar-refractivity contribution in [2.45, 2.75) is 31.4 Å². The average molecular weight is 355 g/mol. The van der Waals surface area contributed by atoms with Crippen molar-refractivity contribution < 1.29 is 14.2 Å². The Hall–Kier alpha value is -1.91. The number of piperidine rings is 1. The minimum atomic E-state index is -0.795. The minimum absolute atomic E-state index is 0.145. The Morgan fingerprint density at radius 1 is 1.08 bits per heavy atom. The highest BCUT2D eigenvalue weighted by Gasteiger charge is 2.51. The number of nitrogens with zero attached hydrogens (tertiary/aromatic N) is 1. The average Bonchev–Trinajstić information content (AvgIpc) is 2.64. The van der Waals surface area contributed by atoms with E-state index in [1.807, 2.05) is 36.4 Å². The summed E-state index contributed by atoms with van der Waals surface area (Å²) < 4.78 is 19.3. The number of hydrogen-bond donors (Lipinski definition) is 1. The van der Waals surface area contributed by atoms with E-state index in [1.165, 1.54) is 6.07 Å². The van der Waals surface area contributed by atoms with E-state index in [2.05, 4.69) is 4.90 Å². The number of benzene rings is 2. The van der Waals surface area contributed by atoms with Crippen LogP contribution in [0.1, 0.15) is 30.4 Å². The summed E-state index contributed by atoms with van der Waals surface area (Å²) in [4.78, 5) is 2.31. The monoisotopic (exact) mass is 355 g/mol. The van der Waals surface area contributed by atoms with Gasteiger partial charge in [-0.3, -0.25) is 4.90 Å². The maximum absolute atomic E-state index is 14.0. The molecule has 4 rings (SSSR count). The third kappa shape index (κ3) is 3.01. The number of likely N-dealkylation sites (tertiary alicyclic amines) is 1. The highest BCUT2D eigenvalue weighted by molar-refractivity contribution is 5.33. The maximum Gasteiger partial charge on any atom is 0.127 e. The van der Waals surface area contributed by atoms with Gasteiger partial charge in [-0.05, 0) is 36.6 Å². The van der Waals surface area contributed by atoms with Crippen LogP contribution in [0, 0.1) is 17.7 Å². The van der Waals surface area contributed by atoms with Gasteiger partial charge in [0.1, 0.15) is 11.6 Å². The fraction of sp³-hybridized carbons (Fsp3) is 0.455. The van der Waals surface area contributed by atoms with Crippen LogP contribution in [0.4, 0.5) is 4.39 Å². The van der Waals surface area contributed by atoms with Crippen LogP contribution >= 0.6 is 0 Å². The predicted octanol–water partition coefficient (Wildman–Crippen LogP) is 3.95. The molecule has 2 atom stereocenters. The van der Waals surface area contributed by atoms with Crippen molar-refractivity contribution in [2.24, 2.45) is 11.8 Å². The first-order valence-electron chi connectivity index (χ1n) is 9.44. The fourth-order valence-electron chi connectivity index (χ4n) is 4.87. The molecule has 0 amide bonds. The maximum atomic E-state index is 14.0. The fourth-order valence-corrected chi connectivity index (χ4v) is 4.87. The van der Waals surface area contributed by atoms with Crippen LogP contribution in [0.3, 0.4) is 0 Å². The zero-order valence-electron chi connectivity index (χ0n) is 15.2. The second-order valence-electron chi connectivity index (χ2n) is 7.66. The lowest BCUT2D eigenvalue weighted by atomic mass is 9.62. The molecule has 138 valence electrons. The van der Waals surface area contributed by atoms with E-state index in [-0.39, 0.29) is 17.7 Å². The normalized spacial score (nSPS) is 28.7. The van der Waals surface area contributed by atoms with Crippen molar-refractivity contribution in [3.05, 3.63) is 65.5 Å². The first-order valence-corrected chi connectivity index (χ1v) is 9.44. The van der Waals surface area contributed by atoms with Crippen molar-refractivity contribution in [3.8, 4) is 5.75 Å². The summed E-state index contributed by atoms with van der Waals surface area (Å²) in [5, 5.41) is 11.7. The zero-order chi connectivity index (χ0) is 18.1. The highest BCUT2D eigenvalue weighted by Crippen LogP contribution is 2.49. The van der Waals surface area contributed by atoms with Gasteiger partial charge in [0.05, 0.1) is 12.7 Å². The van der Waals surface area contributed by atoms with Gasteiger partial charge in [-0.2, -0.15) is 0 Å². The van der Waals surface area contributed by atoms with Gasteiger partial charge in [-0.1, -0.05) is 36.8 Å². The second-order valence-corrected chi connectivity index (χ2v) is 7.66. The molecule has 0 unspecified atom stereocenters. The minimum Gasteiger partial charge on any atom is -0.497 e. The lowest BCUT2D eigenvalue weighted by Gasteiger charge is -2.53. The van der Waals surface area contributed by atoms with Crippen LogP contribution in [0.2, 0.25) is 0 Å². The van der Waals surface area contributed by atoms with Crippen molar-refractivity contribution >= 4 is 0 Å². The molecule has 0 aromatic heterocycles. The molecule has 1 N–H and O–H groups in total. The van der Waals surface area contributed by atoms with Crippen LogP contribution in [-0.4, -0.2) is 30.2 Å². The van der Waals surface area contributed by atoms with Crippen molar-refractivity contribution in [3.63, 3.8) is 0 Å². The van der Waals surface area contributed by atoms with Gasteiger partial charge in [0.15, 0.2) is 0 Å². The molecule has 1 aliphatic carbocycles. The number of ether oxygens (including phenoxy) is 1. The summed E-state index contributed by atoms with van der Waals surface area (Å²) in [6, 6.07) is 14.8. The van der Waals surface area contributed by atoms with Gasteiger partial charge < -0.3 is 9.84 Å². The Labute approximate surface area is 154 Å². The molecule has 4 heteroatoms. The summed E-state index contributed by atoms with van der Waals surface area (Å²) in [5.74, 6) is 1.01. The molecule has 0 radical (unpaired) electrons. The molecule has 2 bridgehead atoms. The number of halogens is 1. The SMILES string of the molecule is COc1ccc(C2(O)[C@H]3CCC[C@H]2CN(Cc2ccccc2F)C3)cc1. The molecular weight excluding hydrogens is 329 g/mol. The van der Waals surface area contributed by atoms with E-state index >= 15 is 0 Å². The smallest absolute Gasteiger partial charge is 0.127 e. The Bertz CT molecular complexity index is 747. The van der Waals surface area contributed by atoms with Gasteiger partial charge in [-0.25, -0.2) is 4.39 Å². The first-order chi connectivity index (χ1) is 12.6. The van der Waals surface area contributed by atoms with Crippen LogP contribution in [0.15, 0.2) is 48.5 Å². The molecule has 2 fully saturated rings. The van der Waals surface area contributed by atoms with Gasteiger partial charge in [-0.15, -0.1) is 0 Å². The summed E-state index contributed by atoms with van der Waals surface area (Å²) in [7, 11) is 1.65. The summed E-state index contributed by atoms with van der Waals surface area (Å²) in [5.41, 5.74) is 0.926. The molecular formula is C22H26FNO2. The summed E-state index contributed by atoms with van der Waals surface area (Å²) in [6.45, 7) is 2.21. The molecule has 1 saturated heterocycles. The van der Waals surface area contributed by atoms with Crippen LogP contribution in [0.5, 0.6) is 5.75 Å². The number of methoxy groups -OCH3 is 1. The molecule has 2 aliphatic rings. The van der Waals surface area contributed by atoms with Crippen LogP contribution in [-0.2, 0) is 12.1 Å². The van der Waals surface area contributed by atoms with E-state index in [0.717, 1.165) is 49.2 Å². The Morgan fingerprint density at radius 3 is 2.35 bits per heavy atom. The summed E-state index contributed by atoms with van der Waals surface area (Å²) >= 11 is 0. The predicted molar refractivity (Wildman–Crippen MR) is 99.4 cm³/mol. The third-order valence-electron chi connectivity index (χ3n) is 6.21. The van der Waals surface area contributed by atoms with E-state index in [1.54, 1.807) is 13.2 Å². The van der Waals surface area contributed by atoms with Gasteiger partial charge in [0, 0.05) is 37.0 Å². The van der Waals surface area contributed by atoms with Crippen LogP contribution < -0.4 is 4.74 Å². The second kappa shape index (κ2) is 7.01. The summed E-state index contributed by atoms with van der Waals surface area (Å²) in [6.07, 6.45) is 3.17. The highest BCUT2D eigenvalue weighted by atomic mass is 19.1. The number of aliphatic hydroxyl groups is 1. The largest absolute Gasteiger partial charge is 0.497 e. The van der Waals surface area contributed by atoms with Gasteiger partial charge in [0.2, 0.25) is 0 Å². The molecule has 26 heavy (non-hydrogen) atoms. The number of hydrogen-bond acceptors (Lipinski definition) is 3. The van der Waals surface area contributed by atoms with Crippen molar-refractivity contribution in [1.29, 1.82) is 0 Å². The molecule has 0 spiro atoms. The molecule has 1 heterocycles. The molecule has 2 aromatic rings. The molecule has 2 aromatic carbocycles. The van der Waals surface area contributed by atoms with Crippen molar-refractivity contribution in [1.82, 2.24) is 4.90 Å². The van der Waals surface area contributed by atoms with E-state index in [0.29, 0.717) is 6.54 Å². The third-order valence-corrected chi connectivity index (χ3v) is 6.21. The Kier molecular flexibility index (Phi) is 4.72. The zero-order valence-corrected chi connectivity index (χ0v) is 15.2. The quantitative estimate of drug-likeness (QED) is 0.901.